The summed E-state index contributed by atoms with van der Waals surface area (Å²) >= 11 is 5.85. The summed E-state index contributed by atoms with van der Waals surface area (Å²) in [7, 11) is -2.32. The Morgan fingerprint density at radius 2 is 1.50 bits per heavy atom. The Morgan fingerprint density at radius 1 is 0.850 bits per heavy atom. The van der Waals surface area contributed by atoms with Crippen LogP contribution < -0.4 is 19.6 Å². The topological polar surface area (TPSA) is 123 Å². The van der Waals surface area contributed by atoms with Crippen LogP contribution in [0.3, 0.4) is 0 Å². The van der Waals surface area contributed by atoms with Crippen LogP contribution in [0, 0.1) is 6.92 Å². The van der Waals surface area contributed by atoms with Crippen molar-refractivity contribution >= 4 is 45.4 Å². The summed E-state index contributed by atoms with van der Waals surface area (Å²) in [4.78, 5) is 25.0. The SMILES string of the molecule is COc1cc(/C=N/NC(=O)c2ccc(NS(=O)(=O)c3ccc(C)cc3)cc2)ccc1OC(=O)c1ccc(Cl)cc1. The predicted molar refractivity (Wildman–Crippen MR) is 153 cm³/mol. The van der Waals surface area contributed by atoms with Gasteiger partial charge in [-0.05, 0) is 91.3 Å². The molecular weight excluding hydrogens is 554 g/mol. The number of benzene rings is 4. The number of hydrogen-bond acceptors (Lipinski definition) is 7. The number of amides is 1. The molecule has 0 saturated carbocycles. The second-order valence-corrected chi connectivity index (χ2v) is 10.6. The van der Waals surface area contributed by atoms with E-state index >= 15 is 0 Å². The van der Waals surface area contributed by atoms with Crippen molar-refractivity contribution in [3.05, 3.63) is 118 Å². The van der Waals surface area contributed by atoms with Gasteiger partial charge in [0.25, 0.3) is 15.9 Å². The molecule has 0 spiro atoms. The Balaban J connectivity index is 1.35. The first-order valence-electron chi connectivity index (χ1n) is 11.8. The Bertz CT molecular complexity index is 1650. The Hall–Kier alpha value is -4.67. The second-order valence-electron chi connectivity index (χ2n) is 8.50. The molecule has 4 aromatic carbocycles. The summed E-state index contributed by atoms with van der Waals surface area (Å²) in [5.41, 5.74) is 4.85. The molecule has 0 aliphatic heterocycles. The Morgan fingerprint density at radius 3 is 2.15 bits per heavy atom. The molecular formula is C29H24ClN3O6S. The van der Waals surface area contributed by atoms with Gasteiger partial charge in [0.15, 0.2) is 11.5 Å². The summed E-state index contributed by atoms with van der Waals surface area (Å²) < 4.78 is 38.3. The summed E-state index contributed by atoms with van der Waals surface area (Å²) in [6, 6.07) is 23.5. The number of methoxy groups -OCH3 is 1. The van der Waals surface area contributed by atoms with Gasteiger partial charge in [-0.15, -0.1) is 0 Å². The van der Waals surface area contributed by atoms with Crippen LogP contribution in [0.5, 0.6) is 11.5 Å². The molecule has 9 nitrogen and oxygen atoms in total. The molecule has 11 heteroatoms. The van der Waals surface area contributed by atoms with Gasteiger partial charge < -0.3 is 9.47 Å². The maximum atomic E-state index is 12.6. The largest absolute Gasteiger partial charge is 0.493 e. The molecule has 0 aromatic heterocycles. The van der Waals surface area contributed by atoms with Crippen LogP contribution in [0.1, 0.15) is 31.8 Å². The molecule has 0 bridgehead atoms. The van der Waals surface area contributed by atoms with Crippen molar-refractivity contribution in [2.75, 3.05) is 11.8 Å². The smallest absolute Gasteiger partial charge is 0.343 e. The first kappa shape index (κ1) is 28.3. The molecule has 4 aromatic rings. The number of anilines is 1. The minimum atomic E-state index is -3.76. The minimum Gasteiger partial charge on any atom is -0.493 e. The van der Waals surface area contributed by atoms with Crippen molar-refractivity contribution in [3.63, 3.8) is 0 Å². The van der Waals surface area contributed by atoms with Crippen LogP contribution in [0.15, 0.2) is 101 Å². The van der Waals surface area contributed by atoms with Crippen molar-refractivity contribution in [1.82, 2.24) is 5.43 Å². The zero-order valence-electron chi connectivity index (χ0n) is 21.4. The molecule has 0 heterocycles. The van der Waals surface area contributed by atoms with Gasteiger partial charge in [0.1, 0.15) is 0 Å². The molecule has 0 aliphatic rings. The van der Waals surface area contributed by atoms with Crippen LogP contribution in [-0.2, 0) is 10.0 Å². The number of carbonyl (C=O) groups is 2. The van der Waals surface area contributed by atoms with E-state index in [-0.39, 0.29) is 16.2 Å². The summed E-state index contributed by atoms with van der Waals surface area (Å²) in [5.74, 6) is -0.565. The molecule has 0 unspecified atom stereocenters. The number of carbonyl (C=O) groups excluding carboxylic acids is 2. The van der Waals surface area contributed by atoms with Crippen molar-refractivity contribution in [3.8, 4) is 11.5 Å². The number of ether oxygens (including phenoxy) is 2. The summed E-state index contributed by atoms with van der Waals surface area (Å²) in [5, 5.41) is 4.46. The summed E-state index contributed by atoms with van der Waals surface area (Å²) in [6.07, 6.45) is 1.40. The van der Waals surface area contributed by atoms with Gasteiger partial charge in [-0.1, -0.05) is 29.3 Å². The maximum absolute atomic E-state index is 12.6. The van der Waals surface area contributed by atoms with E-state index in [2.05, 4.69) is 15.2 Å². The molecule has 1 amide bonds. The monoisotopic (exact) mass is 577 g/mol. The fourth-order valence-electron chi connectivity index (χ4n) is 3.44. The first-order valence-corrected chi connectivity index (χ1v) is 13.7. The highest BCUT2D eigenvalue weighted by atomic mass is 35.5. The van der Waals surface area contributed by atoms with E-state index in [0.717, 1.165) is 5.56 Å². The number of esters is 1. The molecule has 2 N–H and O–H groups in total. The average molecular weight is 578 g/mol. The quantitative estimate of drug-likeness (QED) is 0.118. The Labute approximate surface area is 236 Å². The molecule has 4 rings (SSSR count). The maximum Gasteiger partial charge on any atom is 0.343 e. The number of rotatable bonds is 9. The zero-order valence-corrected chi connectivity index (χ0v) is 23.0. The lowest BCUT2D eigenvalue weighted by Gasteiger charge is -2.10. The van der Waals surface area contributed by atoms with Gasteiger partial charge >= 0.3 is 5.97 Å². The van der Waals surface area contributed by atoms with Gasteiger partial charge in [0, 0.05) is 16.3 Å². The molecule has 0 aliphatic carbocycles. The molecule has 0 saturated heterocycles. The number of nitrogens with one attached hydrogen (secondary N) is 2. The van der Waals surface area contributed by atoms with Crippen LogP contribution in [0.2, 0.25) is 5.02 Å². The second kappa shape index (κ2) is 12.5. The fraction of sp³-hybridized carbons (Fsp3) is 0.0690. The van der Waals surface area contributed by atoms with E-state index in [1.54, 1.807) is 54.6 Å². The highest BCUT2D eigenvalue weighted by Gasteiger charge is 2.15. The number of sulfonamides is 1. The zero-order chi connectivity index (χ0) is 28.7. The van der Waals surface area contributed by atoms with Gasteiger partial charge in [0.05, 0.1) is 23.8 Å². The number of nitrogens with zero attached hydrogens (tertiary/aromatic N) is 1. The number of aryl methyl sites for hydroxylation is 1. The summed E-state index contributed by atoms with van der Waals surface area (Å²) in [6.45, 7) is 1.87. The highest BCUT2D eigenvalue weighted by Crippen LogP contribution is 2.28. The Kier molecular flexibility index (Phi) is 8.83. The highest BCUT2D eigenvalue weighted by molar-refractivity contribution is 7.92. The molecule has 0 atom stereocenters. The number of halogens is 1. The van der Waals surface area contributed by atoms with Crippen molar-refractivity contribution < 1.29 is 27.5 Å². The van der Waals surface area contributed by atoms with E-state index in [9.17, 15) is 18.0 Å². The lowest BCUT2D eigenvalue weighted by atomic mass is 10.2. The van der Waals surface area contributed by atoms with E-state index in [1.807, 2.05) is 6.92 Å². The van der Waals surface area contributed by atoms with E-state index in [4.69, 9.17) is 21.1 Å². The average Bonchev–Trinajstić information content (AvgIpc) is 2.94. The van der Waals surface area contributed by atoms with Crippen LogP contribution in [0.25, 0.3) is 0 Å². The lowest BCUT2D eigenvalue weighted by Crippen LogP contribution is -2.18. The third-order valence-electron chi connectivity index (χ3n) is 5.58. The number of hydrogen-bond donors (Lipinski definition) is 2. The van der Waals surface area contributed by atoms with Crippen molar-refractivity contribution in [2.24, 2.45) is 5.10 Å². The van der Waals surface area contributed by atoms with Crippen molar-refractivity contribution in [1.29, 1.82) is 0 Å². The number of hydrazone groups is 1. The van der Waals surface area contributed by atoms with E-state index in [0.29, 0.717) is 27.6 Å². The van der Waals surface area contributed by atoms with Gasteiger partial charge in [-0.25, -0.2) is 18.6 Å². The van der Waals surface area contributed by atoms with Crippen LogP contribution >= 0.6 is 11.6 Å². The normalized spacial score (nSPS) is 11.2. The van der Waals surface area contributed by atoms with Crippen molar-refractivity contribution in [2.45, 2.75) is 11.8 Å². The van der Waals surface area contributed by atoms with Gasteiger partial charge in [0.2, 0.25) is 0 Å². The van der Waals surface area contributed by atoms with Crippen LogP contribution in [-0.4, -0.2) is 33.6 Å². The predicted octanol–water partition coefficient (Wildman–Crippen LogP) is 5.44. The van der Waals surface area contributed by atoms with E-state index in [1.165, 1.54) is 49.7 Å². The molecule has 40 heavy (non-hydrogen) atoms. The van der Waals surface area contributed by atoms with Gasteiger partial charge in [-0.2, -0.15) is 5.10 Å². The van der Waals surface area contributed by atoms with Crippen LogP contribution in [0.4, 0.5) is 5.69 Å². The minimum absolute atomic E-state index is 0.138. The molecule has 0 radical (unpaired) electrons. The van der Waals surface area contributed by atoms with E-state index < -0.39 is 21.9 Å². The third-order valence-corrected chi connectivity index (χ3v) is 7.23. The third kappa shape index (κ3) is 7.25. The van der Waals surface area contributed by atoms with Gasteiger partial charge in [-0.3, -0.25) is 9.52 Å². The lowest BCUT2D eigenvalue weighted by molar-refractivity contribution is 0.0729. The first-order chi connectivity index (χ1) is 19.1. The fourth-order valence-corrected chi connectivity index (χ4v) is 4.63. The molecule has 0 fully saturated rings. The standard InChI is InChI=1S/C29H24ClN3O6S/c1-19-3-14-25(15-4-19)40(36,37)33-24-12-8-21(9-13-24)28(34)32-31-18-20-5-16-26(27(17-20)38-2)39-29(35)22-6-10-23(30)11-7-22/h3-18,33H,1-2H3,(H,32,34)/b31-18+. The molecule has 204 valence electrons.